The van der Waals surface area contributed by atoms with Gasteiger partial charge in [0.1, 0.15) is 24.4 Å². The minimum Gasteiger partial charge on any atom is -0.480 e. The molecular weight excluding hydrogens is 496 g/mol. The van der Waals surface area contributed by atoms with E-state index in [1.807, 2.05) is 4.90 Å². The molecule has 11 heteroatoms. The molecule has 2 aromatic heterocycles. The largest absolute Gasteiger partial charge is 0.480 e. The number of nitrogens with zero attached hydrogens (tertiary/aromatic N) is 3. The maximum atomic E-state index is 13.8. The van der Waals surface area contributed by atoms with Gasteiger partial charge in [-0.2, -0.15) is 0 Å². The summed E-state index contributed by atoms with van der Waals surface area (Å²) in [4.78, 5) is 34.7. The number of anilines is 1. The molecule has 38 heavy (non-hydrogen) atoms. The Morgan fingerprint density at radius 3 is 2.84 bits per heavy atom. The number of unbranched alkanes of at least 4 members (excludes halogenated alkanes) is 1. The summed E-state index contributed by atoms with van der Waals surface area (Å²) < 4.78 is 32.3. The highest BCUT2D eigenvalue weighted by Gasteiger charge is 2.23. The Balaban J connectivity index is 1.51. The Kier molecular flexibility index (Phi) is 11.8. The molecule has 3 N–H and O–H groups in total. The van der Waals surface area contributed by atoms with Crippen molar-refractivity contribution >= 4 is 17.7 Å². The van der Waals surface area contributed by atoms with Gasteiger partial charge in [-0.05, 0) is 68.8 Å². The molecule has 2 unspecified atom stereocenters. The molecule has 3 rings (SSSR count). The van der Waals surface area contributed by atoms with E-state index in [1.165, 1.54) is 31.0 Å². The number of aliphatic carboxylic acids is 1. The molecule has 1 aliphatic heterocycles. The minimum atomic E-state index is -1.19. The fourth-order valence-corrected chi connectivity index (χ4v) is 4.43. The number of pyridine rings is 2. The zero-order valence-electron chi connectivity index (χ0n) is 21.8. The van der Waals surface area contributed by atoms with E-state index in [0.717, 1.165) is 50.2 Å². The van der Waals surface area contributed by atoms with E-state index in [1.54, 1.807) is 0 Å². The van der Waals surface area contributed by atoms with Crippen LogP contribution in [0.2, 0.25) is 0 Å². The summed E-state index contributed by atoms with van der Waals surface area (Å²) in [6, 6.07) is 5.62. The smallest absolute Gasteiger partial charge is 0.326 e. The van der Waals surface area contributed by atoms with E-state index in [4.69, 9.17) is 9.72 Å². The normalized spacial score (nSPS) is 14.4. The molecule has 0 bridgehead atoms. The lowest BCUT2D eigenvalue weighted by molar-refractivity contribution is -0.142. The highest BCUT2D eigenvalue weighted by Crippen LogP contribution is 2.20. The molecule has 3 heterocycles. The molecule has 1 aliphatic rings. The van der Waals surface area contributed by atoms with Crippen LogP contribution in [0.5, 0.6) is 0 Å². The van der Waals surface area contributed by atoms with Crippen molar-refractivity contribution in [3.8, 4) is 0 Å². The van der Waals surface area contributed by atoms with E-state index in [-0.39, 0.29) is 18.5 Å². The average Bonchev–Trinajstić information content (AvgIpc) is 2.92. The number of halogens is 2. The first kappa shape index (κ1) is 29.4. The number of carbonyl (C=O) groups excluding carboxylic acids is 1. The van der Waals surface area contributed by atoms with Crippen LogP contribution in [0.25, 0.3) is 0 Å². The molecule has 0 radical (unpaired) electrons. The summed E-state index contributed by atoms with van der Waals surface area (Å²) in [7, 11) is 1.44. The van der Waals surface area contributed by atoms with Gasteiger partial charge in [0.25, 0.3) is 0 Å². The van der Waals surface area contributed by atoms with Crippen LogP contribution in [0, 0.1) is 5.82 Å². The second-order valence-electron chi connectivity index (χ2n) is 9.47. The van der Waals surface area contributed by atoms with Crippen molar-refractivity contribution in [2.45, 2.75) is 57.1 Å². The Morgan fingerprint density at radius 2 is 2.11 bits per heavy atom. The van der Waals surface area contributed by atoms with E-state index < -0.39 is 36.5 Å². The Hall–Kier alpha value is -3.18. The molecule has 9 nitrogen and oxygen atoms in total. The van der Waals surface area contributed by atoms with Crippen molar-refractivity contribution in [2.75, 3.05) is 45.3 Å². The summed E-state index contributed by atoms with van der Waals surface area (Å²) in [6.45, 7) is 1.51. The lowest BCUT2D eigenvalue weighted by Gasteiger charge is -2.27. The van der Waals surface area contributed by atoms with Crippen LogP contribution < -0.4 is 10.6 Å². The zero-order chi connectivity index (χ0) is 27.3. The number of carboxylic acids is 1. The molecule has 0 saturated carbocycles. The molecule has 0 fully saturated rings. The maximum absolute atomic E-state index is 13.8. The lowest BCUT2D eigenvalue weighted by atomic mass is 10.1. The number of hydrogen-bond donors (Lipinski definition) is 3. The second kappa shape index (κ2) is 15.3. The van der Waals surface area contributed by atoms with Gasteiger partial charge in [-0.15, -0.1) is 0 Å². The van der Waals surface area contributed by atoms with Gasteiger partial charge in [0, 0.05) is 38.6 Å². The van der Waals surface area contributed by atoms with Crippen LogP contribution in [0.15, 0.2) is 30.5 Å². The Bertz CT molecular complexity index is 1050. The quantitative estimate of drug-likeness (QED) is 0.282. The number of methoxy groups -OCH3 is 1. The van der Waals surface area contributed by atoms with Crippen LogP contribution in [-0.2, 0) is 33.6 Å². The number of carbonyl (C=O) groups is 2. The fourth-order valence-electron chi connectivity index (χ4n) is 4.43. The average molecular weight is 534 g/mol. The monoisotopic (exact) mass is 533 g/mol. The fraction of sp³-hybridized carbons (Fsp3) is 0.556. The number of ether oxygens (including phenoxy) is 1. The molecule has 2 aromatic rings. The predicted octanol–water partition coefficient (Wildman–Crippen LogP) is 2.79. The van der Waals surface area contributed by atoms with Gasteiger partial charge in [0.15, 0.2) is 0 Å². The van der Waals surface area contributed by atoms with Crippen molar-refractivity contribution in [2.24, 2.45) is 0 Å². The summed E-state index contributed by atoms with van der Waals surface area (Å²) >= 11 is 0. The Labute approximate surface area is 222 Å². The molecule has 0 aromatic carbocycles. The van der Waals surface area contributed by atoms with Crippen molar-refractivity contribution in [1.82, 2.24) is 20.2 Å². The number of amides is 1. The van der Waals surface area contributed by atoms with E-state index in [2.05, 4.69) is 27.8 Å². The summed E-state index contributed by atoms with van der Waals surface area (Å²) in [5, 5.41) is 15.4. The molecule has 2 atom stereocenters. The predicted molar refractivity (Wildman–Crippen MR) is 139 cm³/mol. The van der Waals surface area contributed by atoms with Crippen LogP contribution in [0.3, 0.4) is 0 Å². The van der Waals surface area contributed by atoms with Crippen LogP contribution in [0.4, 0.5) is 14.6 Å². The Morgan fingerprint density at radius 1 is 1.26 bits per heavy atom. The molecule has 208 valence electrons. The van der Waals surface area contributed by atoms with Gasteiger partial charge in [-0.3, -0.25) is 9.78 Å². The number of carboxylic acid groups (broad SMARTS) is 1. The molecule has 0 aliphatic carbocycles. The van der Waals surface area contributed by atoms with Crippen molar-refractivity contribution in [3.63, 3.8) is 0 Å². The lowest BCUT2D eigenvalue weighted by Crippen LogP contribution is -2.45. The highest BCUT2D eigenvalue weighted by atomic mass is 19.1. The third-order valence-electron chi connectivity index (χ3n) is 6.61. The van der Waals surface area contributed by atoms with E-state index in [9.17, 15) is 23.5 Å². The highest BCUT2D eigenvalue weighted by molar-refractivity contribution is 5.84. The van der Waals surface area contributed by atoms with Gasteiger partial charge in [0.05, 0.1) is 18.2 Å². The first-order valence-electron chi connectivity index (χ1n) is 13.0. The second-order valence-corrected chi connectivity index (χ2v) is 9.47. The number of rotatable bonds is 16. The number of aryl methyl sites for hydroxylation is 2. The molecular formula is C27H37F2N5O4. The molecule has 1 amide bonds. The molecule has 0 spiro atoms. The van der Waals surface area contributed by atoms with Gasteiger partial charge < -0.3 is 25.4 Å². The van der Waals surface area contributed by atoms with E-state index in [0.29, 0.717) is 19.6 Å². The maximum Gasteiger partial charge on any atom is 0.326 e. The first-order chi connectivity index (χ1) is 18.4. The summed E-state index contributed by atoms with van der Waals surface area (Å²) in [5.74, 6) is -1.49. The first-order valence-corrected chi connectivity index (χ1v) is 13.0. The number of hydrogen-bond acceptors (Lipinski definition) is 7. The summed E-state index contributed by atoms with van der Waals surface area (Å²) in [6.07, 6.45) is 5.10. The van der Waals surface area contributed by atoms with Gasteiger partial charge in [0.2, 0.25) is 5.91 Å². The minimum absolute atomic E-state index is 0.0501. The van der Waals surface area contributed by atoms with Crippen molar-refractivity contribution in [3.05, 3.63) is 53.2 Å². The number of nitrogens with one attached hydrogen (secondary N) is 2. The standard InChI is InChI=1S/C27H37F2N5O4/c1-38-21(17-28)18-34(14-3-2-7-20-10-9-19-6-4-13-31-26(19)32-20)15-11-23(27(36)37)33-25(35)16-24-22(29)8-5-12-30-24/h5,8-10,12,21,23H,2-4,6-7,11,13-18H2,1H3,(H,31,32)(H,33,35)(H,36,37). The van der Waals surface area contributed by atoms with Crippen LogP contribution >= 0.6 is 0 Å². The SMILES string of the molecule is COC(CF)CN(CCCCc1ccc2c(n1)NCCC2)CCC(NC(=O)Cc1ncccc1F)C(=O)O. The number of fused-ring (bicyclic) bond motifs is 1. The van der Waals surface area contributed by atoms with Crippen molar-refractivity contribution in [1.29, 1.82) is 0 Å². The third kappa shape index (κ3) is 9.29. The molecule has 0 saturated heterocycles. The number of aromatic nitrogens is 2. The third-order valence-corrected chi connectivity index (χ3v) is 6.61. The summed E-state index contributed by atoms with van der Waals surface area (Å²) in [5.41, 5.74) is 2.21. The topological polar surface area (TPSA) is 117 Å². The number of alkyl halides is 1. The zero-order valence-corrected chi connectivity index (χ0v) is 21.8. The van der Waals surface area contributed by atoms with Gasteiger partial charge in [-0.1, -0.05) is 6.07 Å². The van der Waals surface area contributed by atoms with Crippen LogP contribution in [-0.4, -0.2) is 84.0 Å². The van der Waals surface area contributed by atoms with E-state index >= 15 is 0 Å². The van der Waals surface area contributed by atoms with Crippen molar-refractivity contribution < 1.29 is 28.2 Å². The van der Waals surface area contributed by atoms with Crippen LogP contribution in [0.1, 0.15) is 42.6 Å². The van der Waals surface area contributed by atoms with Gasteiger partial charge >= 0.3 is 5.97 Å². The van der Waals surface area contributed by atoms with Gasteiger partial charge in [-0.25, -0.2) is 18.6 Å².